The normalized spacial score (nSPS) is 11.7. The van der Waals surface area contributed by atoms with Crippen LogP contribution in [0.1, 0.15) is 29.0 Å². The molecule has 5 aromatic rings. The third kappa shape index (κ3) is 5.50. The van der Waals surface area contributed by atoms with Gasteiger partial charge in [-0.2, -0.15) is 4.98 Å². The smallest absolute Gasteiger partial charge is 0.263 e. The number of carbonyl (C=O) groups excluding carboxylic acids is 1. The average molecular weight is 566 g/mol. The van der Waals surface area contributed by atoms with Gasteiger partial charge in [-0.3, -0.25) is 14.2 Å². The topological polar surface area (TPSA) is 148 Å². The van der Waals surface area contributed by atoms with Crippen molar-refractivity contribution < 1.29 is 14.6 Å². The number of aliphatic hydroxyl groups is 1. The molecule has 4 N–H and O–H groups in total. The predicted molar refractivity (Wildman–Crippen MR) is 162 cm³/mol. The highest BCUT2D eigenvalue weighted by Gasteiger charge is 2.23. The van der Waals surface area contributed by atoms with Crippen molar-refractivity contribution in [3.05, 3.63) is 101 Å². The SMILES string of the molecule is COc1cc(-c2cccc3cc([C@H](C)Nc4nc(N)ncc4C(=O)N(C)CCO)n(-c4ccccc4)c(=O)c23)ccn1. The maximum Gasteiger partial charge on any atom is 0.263 e. The van der Waals surface area contributed by atoms with Gasteiger partial charge in [-0.05, 0) is 47.7 Å². The molecule has 214 valence electrons. The summed E-state index contributed by atoms with van der Waals surface area (Å²) < 4.78 is 6.98. The molecule has 11 nitrogen and oxygen atoms in total. The number of para-hydroxylation sites is 1. The highest BCUT2D eigenvalue weighted by atomic mass is 16.5. The zero-order chi connectivity index (χ0) is 29.8. The van der Waals surface area contributed by atoms with Gasteiger partial charge in [0.2, 0.25) is 11.8 Å². The van der Waals surface area contributed by atoms with Crippen LogP contribution < -0.4 is 21.3 Å². The number of pyridine rings is 2. The summed E-state index contributed by atoms with van der Waals surface area (Å²) >= 11 is 0. The van der Waals surface area contributed by atoms with Crippen LogP contribution in [0.2, 0.25) is 0 Å². The second kappa shape index (κ2) is 12.1. The molecule has 0 radical (unpaired) electrons. The number of hydrogen-bond acceptors (Lipinski definition) is 9. The molecule has 0 spiro atoms. The summed E-state index contributed by atoms with van der Waals surface area (Å²) in [6.45, 7) is 1.83. The summed E-state index contributed by atoms with van der Waals surface area (Å²) in [5.41, 5.74) is 8.74. The van der Waals surface area contributed by atoms with E-state index in [1.807, 2.05) is 67.6 Å². The van der Waals surface area contributed by atoms with Crippen LogP contribution >= 0.6 is 0 Å². The standard InChI is InChI=1S/C31H31N7O4/c1-19(35-28-24(18-34-31(32)36-28)29(40)37(2)14-15-39)25-16-21-8-7-11-23(20-12-13-33-26(17-20)42-3)27(21)30(41)38(25)22-9-5-4-6-10-22/h4-13,16-19,39H,14-15H2,1-3H3,(H3,32,34,35,36)/t19-/m0/s1. The molecule has 3 heterocycles. The van der Waals surface area contributed by atoms with Crippen LogP contribution in [-0.2, 0) is 0 Å². The van der Waals surface area contributed by atoms with E-state index < -0.39 is 6.04 Å². The first-order valence-electron chi connectivity index (χ1n) is 13.3. The van der Waals surface area contributed by atoms with Gasteiger partial charge in [-0.15, -0.1) is 0 Å². The highest BCUT2D eigenvalue weighted by molar-refractivity contribution is 5.99. The summed E-state index contributed by atoms with van der Waals surface area (Å²) in [5, 5.41) is 13.9. The summed E-state index contributed by atoms with van der Waals surface area (Å²) in [6.07, 6.45) is 3.00. The van der Waals surface area contributed by atoms with Crippen molar-refractivity contribution in [2.24, 2.45) is 0 Å². The van der Waals surface area contributed by atoms with E-state index in [4.69, 9.17) is 10.5 Å². The van der Waals surface area contributed by atoms with Gasteiger partial charge in [-0.25, -0.2) is 9.97 Å². The minimum Gasteiger partial charge on any atom is -0.481 e. The van der Waals surface area contributed by atoms with Crippen LogP contribution in [0.4, 0.5) is 11.8 Å². The molecule has 3 aromatic heterocycles. The zero-order valence-electron chi connectivity index (χ0n) is 23.5. The number of ether oxygens (including phenoxy) is 1. The van der Waals surface area contributed by atoms with Crippen LogP contribution in [0, 0.1) is 0 Å². The molecule has 0 aliphatic carbocycles. The van der Waals surface area contributed by atoms with Crippen LogP contribution in [0.25, 0.3) is 27.6 Å². The molecule has 42 heavy (non-hydrogen) atoms. The Balaban J connectivity index is 1.68. The first-order valence-corrected chi connectivity index (χ1v) is 13.3. The lowest BCUT2D eigenvalue weighted by molar-refractivity contribution is 0.0767. The summed E-state index contributed by atoms with van der Waals surface area (Å²) in [5.74, 6) is 0.272. The van der Waals surface area contributed by atoms with Gasteiger partial charge in [0.05, 0.1) is 25.1 Å². The van der Waals surface area contributed by atoms with Crippen molar-refractivity contribution in [3.8, 4) is 22.7 Å². The zero-order valence-corrected chi connectivity index (χ0v) is 23.5. The fourth-order valence-electron chi connectivity index (χ4n) is 4.87. The molecule has 0 saturated carbocycles. The van der Waals surface area contributed by atoms with E-state index in [0.29, 0.717) is 22.6 Å². The van der Waals surface area contributed by atoms with Gasteiger partial charge >= 0.3 is 0 Å². The van der Waals surface area contributed by atoms with Crippen molar-refractivity contribution in [1.29, 1.82) is 0 Å². The number of aromatic nitrogens is 4. The number of nitrogens with two attached hydrogens (primary N) is 1. The Labute approximate surface area is 242 Å². The highest BCUT2D eigenvalue weighted by Crippen LogP contribution is 2.31. The Morgan fingerprint density at radius 3 is 2.64 bits per heavy atom. The second-order valence-electron chi connectivity index (χ2n) is 9.71. The van der Waals surface area contributed by atoms with Gasteiger partial charge in [0.25, 0.3) is 11.5 Å². The van der Waals surface area contributed by atoms with E-state index in [1.54, 1.807) is 31.0 Å². The number of fused-ring (bicyclic) bond motifs is 1. The minimum atomic E-state index is -0.504. The Kier molecular flexibility index (Phi) is 8.12. The third-order valence-electron chi connectivity index (χ3n) is 6.96. The molecule has 11 heteroatoms. The molecule has 1 atom stereocenters. The van der Waals surface area contributed by atoms with Crippen LogP contribution in [-0.4, -0.2) is 62.7 Å². The van der Waals surface area contributed by atoms with E-state index in [1.165, 1.54) is 11.1 Å². The number of nitrogen functional groups attached to an aromatic ring is 1. The molecule has 0 bridgehead atoms. The molecule has 0 aliphatic heterocycles. The second-order valence-corrected chi connectivity index (χ2v) is 9.71. The minimum absolute atomic E-state index is 0.0116. The van der Waals surface area contributed by atoms with Crippen molar-refractivity contribution in [3.63, 3.8) is 0 Å². The Morgan fingerprint density at radius 2 is 1.90 bits per heavy atom. The van der Waals surface area contributed by atoms with E-state index >= 15 is 0 Å². The average Bonchev–Trinajstić information content (AvgIpc) is 3.01. The molecule has 0 saturated heterocycles. The molecule has 0 unspecified atom stereocenters. The van der Waals surface area contributed by atoms with E-state index in [9.17, 15) is 14.7 Å². The first kappa shape index (κ1) is 28.2. The number of nitrogens with one attached hydrogen (secondary N) is 1. The number of amides is 1. The molecule has 1 amide bonds. The Hall–Kier alpha value is -5.29. The maximum atomic E-state index is 14.4. The van der Waals surface area contributed by atoms with Crippen molar-refractivity contribution in [2.45, 2.75) is 13.0 Å². The van der Waals surface area contributed by atoms with Crippen LogP contribution in [0.15, 0.2) is 83.9 Å². The number of carbonyl (C=O) groups is 1. The Morgan fingerprint density at radius 1 is 1.12 bits per heavy atom. The molecule has 5 rings (SSSR count). The van der Waals surface area contributed by atoms with Gasteiger partial charge in [0.15, 0.2) is 0 Å². The van der Waals surface area contributed by atoms with Crippen LogP contribution in [0.3, 0.4) is 0 Å². The van der Waals surface area contributed by atoms with Crippen LogP contribution in [0.5, 0.6) is 5.88 Å². The fourth-order valence-corrected chi connectivity index (χ4v) is 4.87. The lowest BCUT2D eigenvalue weighted by Gasteiger charge is -2.24. The lowest BCUT2D eigenvalue weighted by Crippen LogP contribution is -2.31. The maximum absolute atomic E-state index is 14.4. The quantitative estimate of drug-likeness (QED) is 0.243. The van der Waals surface area contributed by atoms with Crippen molar-refractivity contribution >= 4 is 28.4 Å². The molecule has 2 aromatic carbocycles. The van der Waals surface area contributed by atoms with Gasteiger partial charge < -0.3 is 25.8 Å². The number of methoxy groups -OCH3 is 1. The lowest BCUT2D eigenvalue weighted by atomic mass is 9.98. The number of rotatable bonds is 9. The third-order valence-corrected chi connectivity index (χ3v) is 6.96. The summed E-state index contributed by atoms with van der Waals surface area (Å²) in [6, 6.07) is 20.1. The first-order chi connectivity index (χ1) is 20.3. The van der Waals surface area contributed by atoms with E-state index in [-0.39, 0.29) is 41.9 Å². The number of likely N-dealkylation sites (N-methyl/N-ethyl adjacent to an activating group) is 1. The Bertz CT molecular complexity index is 1810. The number of anilines is 2. The summed E-state index contributed by atoms with van der Waals surface area (Å²) in [4.78, 5) is 41.4. The number of aliphatic hydroxyl groups excluding tert-OH is 1. The summed E-state index contributed by atoms with van der Waals surface area (Å²) in [7, 11) is 3.13. The predicted octanol–water partition coefficient (Wildman–Crippen LogP) is 3.67. The van der Waals surface area contributed by atoms with Gasteiger partial charge in [0.1, 0.15) is 11.4 Å². The number of hydrogen-bond donors (Lipinski definition) is 3. The van der Waals surface area contributed by atoms with Gasteiger partial charge in [0, 0.05) is 43.4 Å². The van der Waals surface area contributed by atoms with Crippen molar-refractivity contribution in [1.82, 2.24) is 24.4 Å². The van der Waals surface area contributed by atoms with Gasteiger partial charge in [-0.1, -0.05) is 36.4 Å². The number of nitrogens with zero attached hydrogens (tertiary/aromatic N) is 5. The monoisotopic (exact) mass is 565 g/mol. The fraction of sp³-hybridized carbons (Fsp3) is 0.194. The van der Waals surface area contributed by atoms with E-state index in [0.717, 1.165) is 16.5 Å². The molecular weight excluding hydrogens is 534 g/mol. The molecule has 0 aliphatic rings. The molecular formula is C31H31N7O4. The van der Waals surface area contributed by atoms with Crippen molar-refractivity contribution in [2.75, 3.05) is 38.4 Å². The largest absolute Gasteiger partial charge is 0.481 e. The molecule has 0 fully saturated rings. The number of benzene rings is 2. The van der Waals surface area contributed by atoms with E-state index in [2.05, 4.69) is 20.3 Å².